The first kappa shape index (κ1) is 15.3. The molecule has 1 fully saturated rings. The number of aliphatic hydroxyl groups is 4. The summed E-state index contributed by atoms with van der Waals surface area (Å²) in [5.41, 5.74) is 0. The Hall–Kier alpha value is -0.750. The molecule has 7 heteroatoms. The zero-order chi connectivity index (χ0) is 13.7. The summed E-state index contributed by atoms with van der Waals surface area (Å²) < 4.78 is 10.3. The van der Waals surface area contributed by atoms with E-state index in [0.29, 0.717) is 6.42 Å². The van der Waals surface area contributed by atoms with Gasteiger partial charge in [-0.25, -0.2) is 0 Å². The van der Waals surface area contributed by atoms with E-state index in [1.807, 2.05) is 13.0 Å². The van der Waals surface area contributed by atoms with Crippen molar-refractivity contribution in [2.24, 2.45) is 5.92 Å². The van der Waals surface area contributed by atoms with Crippen LogP contribution in [0.15, 0.2) is 0 Å². The van der Waals surface area contributed by atoms with E-state index in [4.69, 9.17) is 19.8 Å². The monoisotopic (exact) mass is 261 g/mol. The second kappa shape index (κ2) is 6.99. The molecule has 0 aromatic carbocycles. The number of hydrogen-bond acceptors (Lipinski definition) is 7. The maximum Gasteiger partial charge on any atom is 0.186 e. The third-order valence-electron chi connectivity index (χ3n) is 2.99. The lowest BCUT2D eigenvalue weighted by atomic mass is 9.99. The molecule has 1 aliphatic heterocycles. The standard InChI is InChI=1S/C11H19NO6/c1-2-6(3-12)5-17-11-10(16)9(15)8(14)7(4-13)18-11/h6-11,13-16H,2,4-5H2,1H3/t6-,7+,8+,9-,10+,11+/m0/s1. The minimum Gasteiger partial charge on any atom is -0.394 e. The maximum atomic E-state index is 9.65. The number of nitrogens with zero attached hydrogens (tertiary/aromatic N) is 1. The highest BCUT2D eigenvalue weighted by Gasteiger charge is 2.44. The molecule has 0 unspecified atom stereocenters. The first-order valence-corrected chi connectivity index (χ1v) is 5.86. The number of hydrogen-bond donors (Lipinski definition) is 4. The zero-order valence-corrected chi connectivity index (χ0v) is 10.1. The fourth-order valence-electron chi connectivity index (χ4n) is 1.66. The van der Waals surface area contributed by atoms with Gasteiger partial charge in [0, 0.05) is 0 Å². The summed E-state index contributed by atoms with van der Waals surface area (Å²) in [7, 11) is 0. The number of nitriles is 1. The van der Waals surface area contributed by atoms with Crippen molar-refractivity contribution < 1.29 is 29.9 Å². The second-order valence-electron chi connectivity index (χ2n) is 4.26. The largest absolute Gasteiger partial charge is 0.394 e. The average molecular weight is 261 g/mol. The highest BCUT2D eigenvalue weighted by molar-refractivity contribution is 4.89. The molecule has 0 radical (unpaired) electrons. The SMILES string of the molecule is CC[C@@H](C#N)CO[C@@H]1O[C@H](CO)[C@@H](O)[C@H](O)[C@H]1O. The molecule has 1 aliphatic rings. The van der Waals surface area contributed by atoms with E-state index in [1.165, 1.54) is 0 Å². The normalized spacial score (nSPS) is 38.1. The third-order valence-corrected chi connectivity index (χ3v) is 2.99. The van der Waals surface area contributed by atoms with Gasteiger partial charge in [0.25, 0.3) is 0 Å². The molecule has 0 aromatic rings. The van der Waals surface area contributed by atoms with Crippen LogP contribution in [-0.2, 0) is 9.47 Å². The van der Waals surface area contributed by atoms with Crippen molar-refractivity contribution in [3.05, 3.63) is 0 Å². The Labute approximate surface area is 105 Å². The van der Waals surface area contributed by atoms with Crippen LogP contribution in [0.3, 0.4) is 0 Å². The Morgan fingerprint density at radius 3 is 2.44 bits per heavy atom. The summed E-state index contributed by atoms with van der Waals surface area (Å²) in [4.78, 5) is 0. The van der Waals surface area contributed by atoms with Crippen molar-refractivity contribution in [3.63, 3.8) is 0 Å². The Kier molecular flexibility index (Phi) is 5.95. The topological polar surface area (TPSA) is 123 Å². The van der Waals surface area contributed by atoms with Crippen molar-refractivity contribution in [3.8, 4) is 6.07 Å². The molecule has 0 aromatic heterocycles. The van der Waals surface area contributed by atoms with Crippen LogP contribution in [0.1, 0.15) is 13.3 Å². The van der Waals surface area contributed by atoms with Crippen LogP contribution in [-0.4, -0.2) is 64.3 Å². The van der Waals surface area contributed by atoms with Gasteiger partial charge in [0.1, 0.15) is 24.4 Å². The van der Waals surface area contributed by atoms with Crippen molar-refractivity contribution in [2.45, 2.75) is 44.1 Å². The van der Waals surface area contributed by atoms with E-state index >= 15 is 0 Å². The molecule has 0 amide bonds. The molecule has 6 atom stereocenters. The highest BCUT2D eigenvalue weighted by Crippen LogP contribution is 2.22. The van der Waals surface area contributed by atoms with Crippen molar-refractivity contribution in [2.75, 3.05) is 13.2 Å². The molecular weight excluding hydrogens is 242 g/mol. The molecule has 7 nitrogen and oxygen atoms in total. The molecule has 104 valence electrons. The zero-order valence-electron chi connectivity index (χ0n) is 10.1. The molecule has 1 rings (SSSR count). The van der Waals surface area contributed by atoms with Gasteiger partial charge in [-0.1, -0.05) is 6.92 Å². The van der Waals surface area contributed by atoms with Crippen LogP contribution >= 0.6 is 0 Å². The molecule has 18 heavy (non-hydrogen) atoms. The molecule has 4 N–H and O–H groups in total. The first-order valence-electron chi connectivity index (χ1n) is 5.86. The van der Waals surface area contributed by atoms with Crippen molar-refractivity contribution in [1.29, 1.82) is 5.26 Å². The van der Waals surface area contributed by atoms with E-state index < -0.39 is 37.3 Å². The van der Waals surface area contributed by atoms with E-state index in [0.717, 1.165) is 0 Å². The summed E-state index contributed by atoms with van der Waals surface area (Å²) in [5.74, 6) is -0.336. The van der Waals surface area contributed by atoms with Gasteiger partial charge in [-0.05, 0) is 6.42 Å². The molecule has 1 heterocycles. The summed E-state index contributed by atoms with van der Waals surface area (Å²) in [6.07, 6.45) is -5.84. The predicted molar refractivity (Wildman–Crippen MR) is 59.1 cm³/mol. The van der Waals surface area contributed by atoms with Crippen molar-refractivity contribution >= 4 is 0 Å². The van der Waals surface area contributed by atoms with E-state index in [-0.39, 0.29) is 12.5 Å². The van der Waals surface area contributed by atoms with Crippen LogP contribution in [0.4, 0.5) is 0 Å². The number of rotatable bonds is 5. The molecule has 0 spiro atoms. The lowest BCUT2D eigenvalue weighted by Crippen LogP contribution is -2.59. The van der Waals surface area contributed by atoms with Crippen molar-refractivity contribution in [1.82, 2.24) is 0 Å². The number of aliphatic hydroxyl groups excluding tert-OH is 4. The van der Waals surface area contributed by atoms with Crippen LogP contribution < -0.4 is 0 Å². The van der Waals surface area contributed by atoms with Gasteiger partial charge < -0.3 is 29.9 Å². The van der Waals surface area contributed by atoms with Crippen LogP contribution in [0, 0.1) is 17.2 Å². The van der Waals surface area contributed by atoms with Gasteiger partial charge in [0.15, 0.2) is 6.29 Å². The summed E-state index contributed by atoms with van der Waals surface area (Å²) in [6.45, 7) is 1.38. The molecular formula is C11H19NO6. The Balaban J connectivity index is 2.57. The van der Waals surface area contributed by atoms with Gasteiger partial charge in [-0.2, -0.15) is 5.26 Å². The quantitative estimate of drug-likeness (QED) is 0.467. The fourth-order valence-corrected chi connectivity index (χ4v) is 1.66. The highest BCUT2D eigenvalue weighted by atomic mass is 16.7. The van der Waals surface area contributed by atoms with Crippen LogP contribution in [0.25, 0.3) is 0 Å². The fraction of sp³-hybridized carbons (Fsp3) is 0.909. The average Bonchev–Trinajstić information content (AvgIpc) is 2.39. The third kappa shape index (κ3) is 3.38. The van der Waals surface area contributed by atoms with Gasteiger partial charge in [-0.15, -0.1) is 0 Å². The lowest BCUT2D eigenvalue weighted by molar-refractivity contribution is -0.302. The number of ether oxygens (including phenoxy) is 2. The van der Waals surface area contributed by atoms with E-state index in [9.17, 15) is 15.3 Å². The smallest absolute Gasteiger partial charge is 0.186 e. The van der Waals surface area contributed by atoms with E-state index in [2.05, 4.69) is 0 Å². The van der Waals surface area contributed by atoms with Crippen LogP contribution in [0.5, 0.6) is 0 Å². The van der Waals surface area contributed by atoms with E-state index in [1.54, 1.807) is 0 Å². The van der Waals surface area contributed by atoms with Gasteiger partial charge in [0.05, 0.1) is 25.2 Å². The van der Waals surface area contributed by atoms with Gasteiger partial charge in [-0.3, -0.25) is 0 Å². The van der Waals surface area contributed by atoms with Crippen LogP contribution in [0.2, 0.25) is 0 Å². The molecule has 0 aliphatic carbocycles. The molecule has 0 bridgehead atoms. The molecule has 0 saturated carbocycles. The minimum absolute atomic E-state index is 0.0513. The second-order valence-corrected chi connectivity index (χ2v) is 4.26. The summed E-state index contributed by atoms with van der Waals surface area (Å²) in [5, 5.41) is 46.4. The maximum absolute atomic E-state index is 9.65. The Morgan fingerprint density at radius 2 is 1.94 bits per heavy atom. The first-order chi connectivity index (χ1) is 8.54. The Morgan fingerprint density at radius 1 is 1.28 bits per heavy atom. The lowest BCUT2D eigenvalue weighted by Gasteiger charge is -2.39. The predicted octanol–water partition coefficient (Wildman–Crippen LogP) is -1.65. The summed E-state index contributed by atoms with van der Waals surface area (Å²) in [6, 6.07) is 2.03. The molecule has 1 saturated heterocycles. The summed E-state index contributed by atoms with van der Waals surface area (Å²) >= 11 is 0. The van der Waals surface area contributed by atoms with Gasteiger partial charge >= 0.3 is 0 Å². The Bertz CT molecular complexity index is 292. The minimum atomic E-state index is -1.46. The van der Waals surface area contributed by atoms with Gasteiger partial charge in [0.2, 0.25) is 0 Å².